The van der Waals surface area contributed by atoms with Crippen molar-refractivity contribution in [3.8, 4) is 51.0 Å². The van der Waals surface area contributed by atoms with Crippen LogP contribution in [0.25, 0.3) is 138 Å². The SMILES string of the molecule is c1ccc(-c2cccc(-c3nc(-c4ccc5c(c4)oc4ccccc45)nc(-c4ccc(-n5c6ccccc6c6cc7ccccc7cc65)c5c4oc4c6ccccc6ccc45)n3)c2)cc1. The molecule has 0 fully saturated rings. The molecule has 4 heterocycles. The maximum atomic E-state index is 7.22. The van der Waals surface area contributed by atoms with Crippen LogP contribution in [-0.4, -0.2) is 19.5 Å². The number of hydrogen-bond donors (Lipinski definition) is 0. The molecule has 0 unspecified atom stereocenters. The fourth-order valence-electron chi connectivity index (χ4n) is 9.96. The predicted molar refractivity (Wildman–Crippen MR) is 265 cm³/mol. The van der Waals surface area contributed by atoms with Gasteiger partial charge in [-0.15, -0.1) is 0 Å². The summed E-state index contributed by atoms with van der Waals surface area (Å²) in [4.78, 5) is 15.9. The molecule has 6 nitrogen and oxygen atoms in total. The minimum absolute atomic E-state index is 0.507. The molecule has 0 bridgehead atoms. The van der Waals surface area contributed by atoms with E-state index in [1.807, 2.05) is 30.3 Å². The Labute approximate surface area is 371 Å². The van der Waals surface area contributed by atoms with Gasteiger partial charge in [0.05, 0.1) is 27.7 Å². The van der Waals surface area contributed by atoms with Crippen LogP contribution >= 0.6 is 0 Å². The van der Waals surface area contributed by atoms with Crippen molar-refractivity contribution in [3.63, 3.8) is 0 Å². The molecule has 0 N–H and O–H groups in total. The zero-order valence-corrected chi connectivity index (χ0v) is 34.7. The lowest BCUT2D eigenvalue weighted by Gasteiger charge is -2.13. The maximum Gasteiger partial charge on any atom is 0.167 e. The Morgan fingerprint density at radius 1 is 0.323 bits per heavy atom. The van der Waals surface area contributed by atoms with Crippen molar-refractivity contribution in [2.24, 2.45) is 0 Å². The Morgan fingerprint density at radius 3 is 1.83 bits per heavy atom. The van der Waals surface area contributed by atoms with Gasteiger partial charge < -0.3 is 13.4 Å². The van der Waals surface area contributed by atoms with E-state index < -0.39 is 0 Å². The monoisotopic (exact) mass is 830 g/mol. The van der Waals surface area contributed by atoms with E-state index >= 15 is 0 Å². The van der Waals surface area contributed by atoms with Crippen LogP contribution < -0.4 is 0 Å². The summed E-state index contributed by atoms with van der Waals surface area (Å²) in [6.07, 6.45) is 0. The summed E-state index contributed by atoms with van der Waals surface area (Å²) in [5, 5.41) is 11.0. The van der Waals surface area contributed by atoms with Crippen molar-refractivity contribution in [3.05, 3.63) is 206 Å². The quantitative estimate of drug-likeness (QED) is 0.173. The largest absolute Gasteiger partial charge is 0.456 e. The van der Waals surface area contributed by atoms with Crippen LogP contribution in [0.4, 0.5) is 0 Å². The summed E-state index contributed by atoms with van der Waals surface area (Å²) in [7, 11) is 0. The Kier molecular flexibility index (Phi) is 7.59. The zero-order valence-electron chi connectivity index (χ0n) is 34.7. The predicted octanol–water partition coefficient (Wildman–Crippen LogP) is 15.7. The van der Waals surface area contributed by atoms with E-state index in [1.54, 1.807) is 0 Å². The van der Waals surface area contributed by atoms with E-state index in [9.17, 15) is 0 Å². The highest BCUT2D eigenvalue weighted by atomic mass is 16.3. The lowest BCUT2D eigenvalue weighted by molar-refractivity contribution is 0.669. The van der Waals surface area contributed by atoms with Crippen LogP contribution in [0.1, 0.15) is 0 Å². The van der Waals surface area contributed by atoms with Crippen molar-refractivity contribution in [1.29, 1.82) is 0 Å². The van der Waals surface area contributed by atoms with Crippen LogP contribution in [0.15, 0.2) is 215 Å². The van der Waals surface area contributed by atoms with Gasteiger partial charge in [0.1, 0.15) is 22.3 Å². The average molecular weight is 831 g/mol. The van der Waals surface area contributed by atoms with Crippen LogP contribution in [0.2, 0.25) is 0 Å². The van der Waals surface area contributed by atoms with E-state index in [1.165, 1.54) is 21.5 Å². The molecule has 0 amide bonds. The first-order valence-electron chi connectivity index (χ1n) is 21.8. The molecule has 65 heavy (non-hydrogen) atoms. The molecule has 14 rings (SSSR count). The molecule has 6 heteroatoms. The lowest BCUT2D eigenvalue weighted by Crippen LogP contribution is -2.01. The highest BCUT2D eigenvalue weighted by Gasteiger charge is 2.24. The minimum Gasteiger partial charge on any atom is -0.456 e. The van der Waals surface area contributed by atoms with Gasteiger partial charge in [-0.2, -0.15) is 0 Å². The normalized spacial score (nSPS) is 12.0. The highest BCUT2D eigenvalue weighted by molar-refractivity contribution is 6.22. The number of nitrogens with zero attached hydrogens (tertiary/aromatic N) is 4. The van der Waals surface area contributed by atoms with Crippen molar-refractivity contribution in [2.45, 2.75) is 0 Å². The lowest BCUT2D eigenvalue weighted by atomic mass is 10.0. The molecule has 0 saturated heterocycles. The fraction of sp³-hybridized carbons (Fsp3) is 0. The number of aromatic nitrogens is 4. The molecule has 0 radical (unpaired) electrons. The van der Waals surface area contributed by atoms with Crippen LogP contribution in [0, 0.1) is 0 Å². The molecule has 0 atom stereocenters. The minimum atomic E-state index is 0.507. The van der Waals surface area contributed by atoms with Crippen molar-refractivity contribution >= 4 is 87.2 Å². The smallest absolute Gasteiger partial charge is 0.167 e. The summed E-state index contributed by atoms with van der Waals surface area (Å²) >= 11 is 0. The number of hydrogen-bond acceptors (Lipinski definition) is 5. The van der Waals surface area contributed by atoms with Crippen LogP contribution in [0.3, 0.4) is 0 Å². The van der Waals surface area contributed by atoms with E-state index in [-0.39, 0.29) is 0 Å². The molecule has 0 saturated carbocycles. The van der Waals surface area contributed by atoms with Gasteiger partial charge in [0.15, 0.2) is 17.5 Å². The standard InChI is InChI=1S/C59H34N4O2/c1-2-13-35(14-3-1)37-18-12-19-40(31-37)57-60-58(41-26-27-45-44-22-9-11-24-52(44)64-53(45)34-41)62-59(61-57)47-29-30-50(54-46-28-25-36-15-6-7-20-42(36)55(46)65-56(47)54)63-49-23-10-8-21-43(49)48-32-38-16-4-5-17-39(38)33-51(48)63/h1-34H. The molecule has 0 aliphatic rings. The zero-order chi connectivity index (χ0) is 42.6. The Balaban J connectivity index is 1.06. The summed E-state index contributed by atoms with van der Waals surface area (Å²) in [6.45, 7) is 0. The second-order valence-electron chi connectivity index (χ2n) is 16.7. The van der Waals surface area contributed by atoms with Gasteiger partial charge >= 0.3 is 0 Å². The Bertz CT molecular complexity index is 4250. The average Bonchev–Trinajstić information content (AvgIpc) is 4.05. The van der Waals surface area contributed by atoms with E-state index in [4.69, 9.17) is 23.8 Å². The maximum absolute atomic E-state index is 7.22. The van der Waals surface area contributed by atoms with Gasteiger partial charge in [-0.25, -0.2) is 15.0 Å². The molecule has 302 valence electrons. The van der Waals surface area contributed by atoms with Gasteiger partial charge in [-0.1, -0.05) is 146 Å². The number of benzene rings is 10. The molecule has 0 spiro atoms. The number of furan rings is 2. The van der Waals surface area contributed by atoms with E-state index in [2.05, 4.69) is 180 Å². The Hall–Kier alpha value is -8.87. The third-order valence-electron chi connectivity index (χ3n) is 13.0. The topological polar surface area (TPSA) is 69.9 Å². The summed E-state index contributed by atoms with van der Waals surface area (Å²) in [5.41, 5.74) is 11.0. The van der Waals surface area contributed by atoms with Gasteiger partial charge in [0, 0.05) is 43.4 Å². The van der Waals surface area contributed by atoms with Gasteiger partial charge in [0.2, 0.25) is 0 Å². The van der Waals surface area contributed by atoms with Gasteiger partial charge in [-0.3, -0.25) is 0 Å². The molecule has 10 aromatic carbocycles. The molecule has 0 aliphatic carbocycles. The van der Waals surface area contributed by atoms with Crippen LogP contribution in [-0.2, 0) is 0 Å². The van der Waals surface area contributed by atoms with E-state index in [0.717, 1.165) is 93.6 Å². The van der Waals surface area contributed by atoms with Crippen molar-refractivity contribution < 1.29 is 8.83 Å². The highest BCUT2D eigenvalue weighted by Crippen LogP contribution is 2.45. The van der Waals surface area contributed by atoms with E-state index in [0.29, 0.717) is 23.1 Å². The first-order chi connectivity index (χ1) is 32.2. The first kappa shape index (κ1) is 35.7. The summed E-state index contributed by atoms with van der Waals surface area (Å²) < 4.78 is 16.0. The summed E-state index contributed by atoms with van der Waals surface area (Å²) in [5.74, 6) is 1.60. The summed E-state index contributed by atoms with van der Waals surface area (Å²) in [6, 6.07) is 72.1. The fourth-order valence-corrected chi connectivity index (χ4v) is 9.96. The van der Waals surface area contributed by atoms with Gasteiger partial charge in [-0.05, 0) is 87.9 Å². The van der Waals surface area contributed by atoms with Crippen LogP contribution in [0.5, 0.6) is 0 Å². The third-order valence-corrected chi connectivity index (χ3v) is 13.0. The Morgan fingerprint density at radius 2 is 0.969 bits per heavy atom. The molecule has 4 aromatic heterocycles. The number of fused-ring (bicyclic) bond motifs is 12. The second kappa shape index (κ2) is 13.8. The van der Waals surface area contributed by atoms with Crippen molar-refractivity contribution in [1.82, 2.24) is 19.5 Å². The first-order valence-corrected chi connectivity index (χ1v) is 21.8. The number of para-hydroxylation sites is 2. The van der Waals surface area contributed by atoms with Crippen molar-refractivity contribution in [2.75, 3.05) is 0 Å². The molecule has 0 aliphatic heterocycles. The molecular weight excluding hydrogens is 797 g/mol. The number of rotatable bonds is 5. The third kappa shape index (κ3) is 5.51. The molecular formula is C59H34N4O2. The molecule has 14 aromatic rings. The second-order valence-corrected chi connectivity index (χ2v) is 16.7. The van der Waals surface area contributed by atoms with Gasteiger partial charge in [0.25, 0.3) is 0 Å².